The van der Waals surface area contributed by atoms with Crippen LogP contribution in [0.5, 0.6) is 0 Å². The third-order valence-electron chi connectivity index (χ3n) is 5.36. The molecule has 8 heteroatoms. The van der Waals surface area contributed by atoms with Gasteiger partial charge < -0.3 is 20.3 Å². The number of nitrogens with one attached hydrogen (secondary N) is 2. The zero-order chi connectivity index (χ0) is 21.1. The number of carbonyl (C=O) groups excluding carboxylic acids is 3. The second kappa shape index (κ2) is 8.52. The summed E-state index contributed by atoms with van der Waals surface area (Å²) >= 11 is 0. The highest BCUT2D eigenvalue weighted by Gasteiger charge is 2.36. The molecule has 1 atom stereocenters. The number of anilines is 2. The smallest absolute Gasteiger partial charge is 0.338 e. The minimum Gasteiger partial charge on any atom is -0.452 e. The summed E-state index contributed by atoms with van der Waals surface area (Å²) in [5.74, 6) is -1.51. The van der Waals surface area contributed by atoms with Crippen molar-refractivity contribution in [3.05, 3.63) is 59.4 Å². The quantitative estimate of drug-likeness (QED) is 0.712. The van der Waals surface area contributed by atoms with Gasteiger partial charge >= 0.3 is 5.97 Å². The Morgan fingerprint density at radius 3 is 2.90 bits per heavy atom. The number of halogens is 1. The summed E-state index contributed by atoms with van der Waals surface area (Å²) in [4.78, 5) is 38.5. The van der Waals surface area contributed by atoms with E-state index in [0.717, 1.165) is 25.1 Å². The molecular weight excluding hydrogens is 389 g/mol. The lowest BCUT2D eigenvalue weighted by atomic mass is 10.1. The molecule has 0 aromatic heterocycles. The van der Waals surface area contributed by atoms with E-state index in [0.29, 0.717) is 17.7 Å². The summed E-state index contributed by atoms with van der Waals surface area (Å²) in [6.07, 6.45) is 2.11. The molecule has 0 bridgehead atoms. The van der Waals surface area contributed by atoms with Crippen LogP contribution in [0.1, 0.15) is 28.8 Å². The van der Waals surface area contributed by atoms with Crippen molar-refractivity contribution < 1.29 is 23.5 Å². The van der Waals surface area contributed by atoms with E-state index in [1.165, 1.54) is 6.07 Å². The zero-order valence-corrected chi connectivity index (χ0v) is 16.3. The highest BCUT2D eigenvalue weighted by Crippen LogP contribution is 2.37. The summed E-state index contributed by atoms with van der Waals surface area (Å²) in [6, 6.07) is 11.2. The molecule has 156 valence electrons. The molecule has 2 aliphatic heterocycles. The summed E-state index contributed by atoms with van der Waals surface area (Å²) in [7, 11) is 0. The Labute approximate surface area is 173 Å². The largest absolute Gasteiger partial charge is 0.452 e. The van der Waals surface area contributed by atoms with Crippen molar-refractivity contribution in [3.8, 4) is 0 Å². The van der Waals surface area contributed by atoms with Crippen molar-refractivity contribution in [1.29, 1.82) is 0 Å². The van der Waals surface area contributed by atoms with Gasteiger partial charge in [-0.1, -0.05) is 18.2 Å². The van der Waals surface area contributed by atoms with Crippen LogP contribution in [0.25, 0.3) is 0 Å². The molecule has 2 heterocycles. The van der Waals surface area contributed by atoms with Gasteiger partial charge in [0.15, 0.2) is 6.61 Å². The fourth-order valence-corrected chi connectivity index (χ4v) is 3.86. The maximum Gasteiger partial charge on any atom is 0.338 e. The van der Waals surface area contributed by atoms with Crippen molar-refractivity contribution in [2.75, 3.05) is 29.9 Å². The van der Waals surface area contributed by atoms with Crippen molar-refractivity contribution >= 4 is 29.2 Å². The van der Waals surface area contributed by atoms with Crippen LogP contribution in [0.2, 0.25) is 0 Å². The van der Waals surface area contributed by atoms with E-state index in [4.69, 9.17) is 4.74 Å². The van der Waals surface area contributed by atoms with E-state index in [9.17, 15) is 18.8 Å². The zero-order valence-electron chi connectivity index (χ0n) is 16.3. The van der Waals surface area contributed by atoms with Crippen LogP contribution in [-0.4, -0.2) is 43.5 Å². The van der Waals surface area contributed by atoms with Crippen molar-refractivity contribution in [1.82, 2.24) is 5.32 Å². The minimum absolute atomic E-state index is 0.0697. The van der Waals surface area contributed by atoms with Gasteiger partial charge in [-0.05, 0) is 49.1 Å². The maximum absolute atomic E-state index is 13.6. The predicted molar refractivity (Wildman–Crippen MR) is 109 cm³/mol. The predicted octanol–water partition coefficient (Wildman–Crippen LogP) is 2.26. The Morgan fingerprint density at radius 2 is 2.07 bits per heavy atom. The summed E-state index contributed by atoms with van der Waals surface area (Å²) in [6.45, 7) is 0.606. The number of esters is 1. The molecule has 0 radical (unpaired) electrons. The highest BCUT2D eigenvalue weighted by molar-refractivity contribution is 6.05. The number of rotatable bonds is 6. The van der Waals surface area contributed by atoms with Crippen LogP contribution in [-0.2, 0) is 20.7 Å². The Kier molecular flexibility index (Phi) is 5.65. The number of amides is 2. The van der Waals surface area contributed by atoms with E-state index >= 15 is 0 Å². The average molecular weight is 411 g/mol. The molecule has 2 N–H and O–H groups in total. The molecular formula is C22H22FN3O4. The molecule has 0 aliphatic carbocycles. The third-order valence-corrected chi connectivity index (χ3v) is 5.36. The summed E-state index contributed by atoms with van der Waals surface area (Å²) in [5.41, 5.74) is 2.22. The molecule has 0 saturated carbocycles. The number of hydrogen-bond acceptors (Lipinski definition) is 5. The fraction of sp³-hybridized carbons (Fsp3) is 0.318. The van der Waals surface area contributed by atoms with Gasteiger partial charge in [0.05, 0.1) is 16.9 Å². The molecule has 2 amide bonds. The molecule has 0 spiro atoms. The van der Waals surface area contributed by atoms with E-state index in [2.05, 4.69) is 10.6 Å². The van der Waals surface area contributed by atoms with Crippen LogP contribution >= 0.6 is 0 Å². The molecule has 7 nitrogen and oxygen atoms in total. The molecule has 2 aromatic carbocycles. The lowest BCUT2D eigenvalue weighted by Crippen LogP contribution is -2.43. The first-order valence-electron chi connectivity index (χ1n) is 9.92. The van der Waals surface area contributed by atoms with Gasteiger partial charge in [-0.3, -0.25) is 9.59 Å². The number of nitrogens with zero attached hydrogens (tertiary/aromatic N) is 1. The molecule has 4 rings (SSSR count). The Bertz CT molecular complexity index is 994. The number of ether oxygens (including phenoxy) is 1. The summed E-state index contributed by atoms with van der Waals surface area (Å²) in [5, 5.41) is 5.44. The first-order valence-corrected chi connectivity index (χ1v) is 9.92. The number of benzene rings is 2. The number of carbonyl (C=O) groups is 3. The molecule has 0 unspecified atom stereocenters. The van der Waals surface area contributed by atoms with Gasteiger partial charge in [0, 0.05) is 13.1 Å². The molecule has 30 heavy (non-hydrogen) atoms. The Hall–Kier alpha value is -3.42. The minimum atomic E-state index is -0.653. The van der Waals surface area contributed by atoms with Crippen LogP contribution in [0.3, 0.4) is 0 Å². The van der Waals surface area contributed by atoms with Crippen LogP contribution in [0.15, 0.2) is 42.5 Å². The van der Waals surface area contributed by atoms with Gasteiger partial charge in [-0.25, -0.2) is 9.18 Å². The normalized spacial score (nSPS) is 17.0. The van der Waals surface area contributed by atoms with Crippen LogP contribution in [0, 0.1) is 5.82 Å². The van der Waals surface area contributed by atoms with Gasteiger partial charge in [-0.2, -0.15) is 0 Å². The van der Waals surface area contributed by atoms with Gasteiger partial charge in [0.2, 0.25) is 5.91 Å². The lowest BCUT2D eigenvalue weighted by Gasteiger charge is -2.33. The summed E-state index contributed by atoms with van der Waals surface area (Å²) < 4.78 is 18.6. The standard InChI is InChI=1S/C22H22FN3O4/c23-16-5-2-1-4-14(16)9-10-24-20(27)13-30-22(29)15-7-8-18-17(12-15)25-21(28)19-6-3-11-26(18)19/h1-2,4-5,7-8,12,19H,3,6,9-11,13H2,(H,24,27)(H,25,28)/t19-/m0/s1. The SMILES string of the molecule is O=C(COC(=O)c1ccc2c(c1)NC(=O)[C@@H]1CCCN21)NCCc1ccccc1F. The number of fused-ring (bicyclic) bond motifs is 3. The van der Waals surface area contributed by atoms with E-state index in [-0.39, 0.29) is 29.9 Å². The second-order valence-corrected chi connectivity index (χ2v) is 7.34. The van der Waals surface area contributed by atoms with Gasteiger partial charge in [0.1, 0.15) is 11.9 Å². The first-order chi connectivity index (χ1) is 14.5. The second-order valence-electron chi connectivity index (χ2n) is 7.34. The maximum atomic E-state index is 13.6. The van der Waals surface area contributed by atoms with Crippen molar-refractivity contribution in [2.45, 2.75) is 25.3 Å². The number of hydrogen-bond donors (Lipinski definition) is 2. The van der Waals surface area contributed by atoms with E-state index < -0.39 is 18.5 Å². The highest BCUT2D eigenvalue weighted by atomic mass is 19.1. The van der Waals surface area contributed by atoms with Crippen molar-refractivity contribution in [3.63, 3.8) is 0 Å². The van der Waals surface area contributed by atoms with Crippen LogP contribution in [0.4, 0.5) is 15.8 Å². The van der Waals surface area contributed by atoms with Crippen LogP contribution < -0.4 is 15.5 Å². The monoisotopic (exact) mass is 411 g/mol. The average Bonchev–Trinajstić information content (AvgIpc) is 3.24. The molecule has 2 aromatic rings. The van der Waals surface area contributed by atoms with E-state index in [1.54, 1.807) is 36.4 Å². The topological polar surface area (TPSA) is 87.7 Å². The fourth-order valence-electron chi connectivity index (χ4n) is 3.86. The van der Waals surface area contributed by atoms with Gasteiger partial charge in [0.25, 0.3) is 5.91 Å². The van der Waals surface area contributed by atoms with E-state index in [1.807, 2.05) is 4.90 Å². The van der Waals surface area contributed by atoms with Gasteiger partial charge in [-0.15, -0.1) is 0 Å². The van der Waals surface area contributed by atoms with Crippen molar-refractivity contribution in [2.24, 2.45) is 0 Å². The molecule has 1 saturated heterocycles. The first kappa shape index (κ1) is 19.9. The Morgan fingerprint density at radius 1 is 1.23 bits per heavy atom. The Balaban J connectivity index is 1.29. The molecule has 2 aliphatic rings. The molecule has 1 fully saturated rings. The third kappa shape index (κ3) is 4.12. The lowest BCUT2D eigenvalue weighted by molar-refractivity contribution is -0.124.